The van der Waals surface area contributed by atoms with Crippen LogP contribution >= 0.6 is 11.8 Å². The monoisotopic (exact) mass is 313 g/mol. The molecule has 1 aliphatic heterocycles. The molecule has 0 amide bonds. The third-order valence-corrected chi connectivity index (χ3v) is 5.62. The van der Waals surface area contributed by atoms with Gasteiger partial charge in [-0.1, -0.05) is 36.4 Å². The number of aliphatic hydroxyl groups is 1. The highest BCUT2D eigenvalue weighted by Gasteiger charge is 2.25. The Morgan fingerprint density at radius 3 is 2.73 bits per heavy atom. The largest absolute Gasteiger partial charge is 0.394 e. The maximum Gasteiger partial charge on any atom is 0.0635 e. The minimum absolute atomic E-state index is 0.251. The first-order valence-corrected chi connectivity index (χ1v) is 8.92. The second-order valence-corrected chi connectivity index (χ2v) is 6.86. The number of rotatable bonds is 5. The van der Waals surface area contributed by atoms with Gasteiger partial charge in [0.1, 0.15) is 0 Å². The van der Waals surface area contributed by atoms with E-state index in [0.29, 0.717) is 0 Å². The zero-order valence-corrected chi connectivity index (χ0v) is 13.9. The molecule has 0 aliphatic carbocycles. The summed E-state index contributed by atoms with van der Waals surface area (Å²) in [6.07, 6.45) is 2.27. The number of nitrogens with zero attached hydrogens (tertiary/aromatic N) is 1. The maximum absolute atomic E-state index is 9.56. The van der Waals surface area contributed by atoms with Gasteiger partial charge < -0.3 is 10.0 Å². The molecule has 0 unspecified atom stereocenters. The molecule has 0 spiro atoms. The highest BCUT2D eigenvalue weighted by molar-refractivity contribution is 7.98. The molecule has 0 saturated carbocycles. The summed E-state index contributed by atoms with van der Waals surface area (Å²) in [5.41, 5.74) is 3.98. The van der Waals surface area contributed by atoms with Crippen LogP contribution in [0.4, 0.5) is 5.69 Å². The summed E-state index contributed by atoms with van der Waals surface area (Å²) in [5, 5.41) is 9.56. The van der Waals surface area contributed by atoms with E-state index in [0.717, 1.165) is 18.7 Å². The first-order valence-electron chi connectivity index (χ1n) is 7.93. The van der Waals surface area contributed by atoms with Crippen LogP contribution in [0.5, 0.6) is 0 Å². The van der Waals surface area contributed by atoms with Gasteiger partial charge in [0.15, 0.2) is 0 Å². The van der Waals surface area contributed by atoms with Crippen LogP contribution < -0.4 is 4.90 Å². The molecule has 1 atom stereocenters. The molecule has 0 radical (unpaired) electrons. The fourth-order valence-corrected chi connectivity index (χ4v) is 4.16. The summed E-state index contributed by atoms with van der Waals surface area (Å²) in [4.78, 5) is 3.71. The Bertz CT molecular complexity index is 614. The van der Waals surface area contributed by atoms with Crippen molar-refractivity contribution in [2.24, 2.45) is 0 Å². The number of thioether (sulfide) groups is 1. The predicted molar refractivity (Wildman–Crippen MR) is 94.6 cm³/mol. The first-order chi connectivity index (χ1) is 10.8. The molecule has 2 nitrogen and oxygen atoms in total. The van der Waals surface area contributed by atoms with Crippen LogP contribution in [0, 0.1) is 6.92 Å². The number of hydrogen-bond acceptors (Lipinski definition) is 3. The molecule has 1 heterocycles. The minimum Gasteiger partial charge on any atom is -0.394 e. The van der Waals surface area contributed by atoms with Gasteiger partial charge in [-0.25, -0.2) is 0 Å². The molecule has 3 rings (SSSR count). The smallest absolute Gasteiger partial charge is 0.0635 e. The van der Waals surface area contributed by atoms with Crippen molar-refractivity contribution in [2.45, 2.75) is 36.5 Å². The molecule has 2 aromatic rings. The zero-order chi connectivity index (χ0) is 15.4. The average molecular weight is 313 g/mol. The molecule has 1 N–H and O–H groups in total. The fraction of sp³-hybridized carbons (Fsp3) is 0.368. The average Bonchev–Trinajstić information content (AvgIpc) is 3.03. The number of benzene rings is 2. The second kappa shape index (κ2) is 7.21. The third kappa shape index (κ3) is 3.31. The van der Waals surface area contributed by atoms with E-state index >= 15 is 0 Å². The third-order valence-electron chi connectivity index (χ3n) is 4.39. The molecule has 2 aromatic carbocycles. The van der Waals surface area contributed by atoms with E-state index in [-0.39, 0.29) is 12.6 Å². The first kappa shape index (κ1) is 15.4. The van der Waals surface area contributed by atoms with E-state index in [4.69, 9.17) is 0 Å². The molecule has 116 valence electrons. The van der Waals surface area contributed by atoms with Crippen LogP contribution in [0.1, 0.15) is 24.0 Å². The van der Waals surface area contributed by atoms with Gasteiger partial charge in [-0.3, -0.25) is 0 Å². The van der Waals surface area contributed by atoms with Crippen molar-refractivity contribution < 1.29 is 5.11 Å². The second-order valence-electron chi connectivity index (χ2n) is 5.85. The predicted octanol–water partition coefficient (Wildman–Crippen LogP) is 4.25. The van der Waals surface area contributed by atoms with Gasteiger partial charge >= 0.3 is 0 Å². The molecule has 3 heteroatoms. The van der Waals surface area contributed by atoms with Gasteiger partial charge in [-0.2, -0.15) is 0 Å². The van der Waals surface area contributed by atoms with Crippen LogP contribution in [0.2, 0.25) is 0 Å². The lowest BCUT2D eigenvalue weighted by Crippen LogP contribution is -2.32. The van der Waals surface area contributed by atoms with Gasteiger partial charge in [-0.05, 0) is 43.0 Å². The molecule has 0 aromatic heterocycles. The van der Waals surface area contributed by atoms with Crippen LogP contribution in [0.25, 0.3) is 0 Å². The molecule has 1 aliphatic rings. The summed E-state index contributed by atoms with van der Waals surface area (Å²) in [7, 11) is 0. The summed E-state index contributed by atoms with van der Waals surface area (Å²) < 4.78 is 0. The summed E-state index contributed by atoms with van der Waals surface area (Å²) in [6.45, 7) is 3.51. The van der Waals surface area contributed by atoms with Crippen LogP contribution in [-0.2, 0) is 5.75 Å². The van der Waals surface area contributed by atoms with Crippen LogP contribution in [-0.4, -0.2) is 24.3 Å². The Morgan fingerprint density at radius 1 is 1.14 bits per heavy atom. The van der Waals surface area contributed by atoms with Crippen LogP contribution in [0.3, 0.4) is 0 Å². The Hall–Kier alpha value is -1.45. The van der Waals surface area contributed by atoms with Gasteiger partial charge in [0.25, 0.3) is 0 Å². The molecule has 0 bridgehead atoms. The molecule has 1 fully saturated rings. The highest BCUT2D eigenvalue weighted by atomic mass is 32.2. The van der Waals surface area contributed by atoms with Crippen molar-refractivity contribution in [2.75, 3.05) is 18.1 Å². The SMILES string of the molecule is Cc1c(SCc2ccccc2)cccc1N1CCC[C@@H]1CO. The Labute approximate surface area is 137 Å². The lowest BCUT2D eigenvalue weighted by atomic mass is 10.1. The highest BCUT2D eigenvalue weighted by Crippen LogP contribution is 2.35. The van der Waals surface area contributed by atoms with Crippen molar-refractivity contribution in [3.63, 3.8) is 0 Å². The van der Waals surface area contributed by atoms with Crippen molar-refractivity contribution in [3.8, 4) is 0 Å². The normalized spacial score (nSPS) is 17.9. The summed E-state index contributed by atoms with van der Waals surface area (Å²) >= 11 is 1.89. The van der Waals surface area contributed by atoms with Gasteiger partial charge in [0.05, 0.1) is 12.6 Å². The number of anilines is 1. The minimum atomic E-state index is 0.251. The van der Waals surface area contributed by atoms with Crippen molar-refractivity contribution in [1.29, 1.82) is 0 Å². The zero-order valence-electron chi connectivity index (χ0n) is 13.0. The number of aliphatic hydroxyl groups excluding tert-OH is 1. The Morgan fingerprint density at radius 2 is 1.95 bits per heavy atom. The lowest BCUT2D eigenvalue weighted by molar-refractivity contribution is 0.266. The maximum atomic E-state index is 9.56. The van der Waals surface area contributed by atoms with Crippen molar-refractivity contribution in [1.82, 2.24) is 0 Å². The van der Waals surface area contributed by atoms with Gasteiger partial charge in [-0.15, -0.1) is 11.8 Å². The van der Waals surface area contributed by atoms with Crippen LogP contribution in [0.15, 0.2) is 53.4 Å². The molecular weight excluding hydrogens is 290 g/mol. The van der Waals surface area contributed by atoms with E-state index in [2.05, 4.69) is 60.4 Å². The topological polar surface area (TPSA) is 23.5 Å². The van der Waals surface area contributed by atoms with Crippen molar-refractivity contribution in [3.05, 3.63) is 59.7 Å². The standard InChI is InChI=1S/C19H23NOS/c1-15-18(20-12-6-9-17(20)13-21)10-5-11-19(15)22-14-16-7-3-2-4-8-16/h2-5,7-8,10-11,17,21H,6,9,12-14H2,1H3/t17-/m1/s1. The Balaban J connectivity index is 1.77. The molecule has 22 heavy (non-hydrogen) atoms. The van der Waals surface area contributed by atoms with Gasteiger partial charge in [0.2, 0.25) is 0 Å². The van der Waals surface area contributed by atoms with Gasteiger partial charge in [0, 0.05) is 22.9 Å². The lowest BCUT2D eigenvalue weighted by Gasteiger charge is -2.27. The quantitative estimate of drug-likeness (QED) is 0.835. The van der Waals surface area contributed by atoms with E-state index in [1.807, 2.05) is 11.8 Å². The van der Waals surface area contributed by atoms with E-state index in [1.165, 1.54) is 28.1 Å². The summed E-state index contributed by atoms with van der Waals surface area (Å²) in [6, 6.07) is 17.4. The van der Waals surface area contributed by atoms with E-state index in [9.17, 15) is 5.11 Å². The van der Waals surface area contributed by atoms with E-state index in [1.54, 1.807) is 0 Å². The fourth-order valence-electron chi connectivity index (χ4n) is 3.15. The molecule has 1 saturated heterocycles. The van der Waals surface area contributed by atoms with Crippen molar-refractivity contribution >= 4 is 17.4 Å². The Kier molecular flexibility index (Phi) is 5.06. The number of hydrogen-bond donors (Lipinski definition) is 1. The summed E-state index contributed by atoms with van der Waals surface area (Å²) in [5.74, 6) is 0.995. The molecular formula is C19H23NOS. The van der Waals surface area contributed by atoms with E-state index < -0.39 is 0 Å².